The minimum Gasteiger partial charge on any atom is -0.266 e. The van der Waals surface area contributed by atoms with Gasteiger partial charge in [-0.3, -0.25) is 9.67 Å². The Morgan fingerprint density at radius 2 is 2.15 bits per heavy atom. The molecule has 0 amide bonds. The SMILES string of the molecule is CC(C)c1nn(C)c2cnccc12. The Balaban J connectivity index is 2.78. The van der Waals surface area contributed by atoms with Gasteiger partial charge < -0.3 is 0 Å². The van der Waals surface area contributed by atoms with Gasteiger partial charge in [0.05, 0.1) is 17.4 Å². The lowest BCUT2D eigenvalue weighted by Crippen LogP contribution is -1.93. The van der Waals surface area contributed by atoms with Gasteiger partial charge in [0.25, 0.3) is 0 Å². The summed E-state index contributed by atoms with van der Waals surface area (Å²) < 4.78 is 1.89. The van der Waals surface area contributed by atoms with Crippen LogP contribution < -0.4 is 0 Å². The average Bonchev–Trinajstić information content (AvgIpc) is 2.45. The van der Waals surface area contributed by atoms with E-state index in [2.05, 4.69) is 23.9 Å². The summed E-state index contributed by atoms with van der Waals surface area (Å²) in [4.78, 5) is 4.09. The molecular weight excluding hydrogens is 162 g/mol. The minimum atomic E-state index is 0.464. The number of pyridine rings is 1. The van der Waals surface area contributed by atoms with E-state index in [1.165, 1.54) is 5.39 Å². The monoisotopic (exact) mass is 175 g/mol. The fraction of sp³-hybridized carbons (Fsp3) is 0.400. The summed E-state index contributed by atoms with van der Waals surface area (Å²) in [5, 5.41) is 5.68. The van der Waals surface area contributed by atoms with Crippen molar-refractivity contribution in [3.05, 3.63) is 24.2 Å². The number of aryl methyl sites for hydroxylation is 1. The number of fused-ring (bicyclic) bond motifs is 1. The van der Waals surface area contributed by atoms with Gasteiger partial charge in [-0.25, -0.2) is 0 Å². The Hall–Kier alpha value is -1.38. The maximum absolute atomic E-state index is 4.47. The Kier molecular flexibility index (Phi) is 1.79. The van der Waals surface area contributed by atoms with Gasteiger partial charge in [-0.05, 0) is 12.0 Å². The molecule has 0 aliphatic heterocycles. The van der Waals surface area contributed by atoms with Gasteiger partial charge in [0.2, 0.25) is 0 Å². The van der Waals surface area contributed by atoms with Crippen molar-refractivity contribution in [2.45, 2.75) is 19.8 Å². The van der Waals surface area contributed by atoms with Crippen LogP contribution in [0.5, 0.6) is 0 Å². The molecule has 0 bridgehead atoms. The van der Waals surface area contributed by atoms with Gasteiger partial charge >= 0.3 is 0 Å². The second-order valence-corrected chi connectivity index (χ2v) is 3.56. The standard InChI is InChI=1S/C10H13N3/c1-7(2)10-8-4-5-11-6-9(8)13(3)12-10/h4-7H,1-3H3. The molecule has 3 heteroatoms. The molecule has 2 aromatic heterocycles. The van der Waals surface area contributed by atoms with Crippen molar-refractivity contribution in [3.63, 3.8) is 0 Å². The third-order valence-electron chi connectivity index (χ3n) is 2.23. The predicted octanol–water partition coefficient (Wildman–Crippen LogP) is 2.09. The van der Waals surface area contributed by atoms with Gasteiger partial charge in [0.15, 0.2) is 0 Å². The van der Waals surface area contributed by atoms with E-state index in [4.69, 9.17) is 0 Å². The summed E-state index contributed by atoms with van der Waals surface area (Å²) in [7, 11) is 1.95. The summed E-state index contributed by atoms with van der Waals surface area (Å²) in [5.41, 5.74) is 2.26. The van der Waals surface area contributed by atoms with Crippen LogP contribution in [0.15, 0.2) is 18.5 Å². The summed E-state index contributed by atoms with van der Waals surface area (Å²) >= 11 is 0. The Morgan fingerprint density at radius 1 is 1.38 bits per heavy atom. The lowest BCUT2D eigenvalue weighted by atomic mass is 10.1. The van der Waals surface area contributed by atoms with Crippen molar-refractivity contribution in [1.82, 2.24) is 14.8 Å². The van der Waals surface area contributed by atoms with Crippen molar-refractivity contribution in [2.24, 2.45) is 7.05 Å². The van der Waals surface area contributed by atoms with E-state index in [1.54, 1.807) is 0 Å². The van der Waals surface area contributed by atoms with Crippen LogP contribution >= 0.6 is 0 Å². The topological polar surface area (TPSA) is 30.7 Å². The molecule has 68 valence electrons. The molecule has 0 aliphatic carbocycles. The maximum Gasteiger partial charge on any atom is 0.0865 e. The molecule has 3 nitrogen and oxygen atoms in total. The van der Waals surface area contributed by atoms with Crippen molar-refractivity contribution in [3.8, 4) is 0 Å². The highest BCUT2D eigenvalue weighted by Crippen LogP contribution is 2.22. The highest BCUT2D eigenvalue weighted by atomic mass is 15.3. The normalized spacial score (nSPS) is 11.4. The van der Waals surface area contributed by atoms with E-state index in [9.17, 15) is 0 Å². The van der Waals surface area contributed by atoms with Gasteiger partial charge in [0, 0.05) is 18.6 Å². The van der Waals surface area contributed by atoms with Crippen molar-refractivity contribution >= 4 is 10.9 Å². The quantitative estimate of drug-likeness (QED) is 0.664. The zero-order valence-corrected chi connectivity index (χ0v) is 8.15. The van der Waals surface area contributed by atoms with Crippen LogP contribution in [-0.2, 0) is 7.05 Å². The molecule has 0 unspecified atom stereocenters. The van der Waals surface area contributed by atoms with Gasteiger partial charge in [-0.1, -0.05) is 13.8 Å². The molecule has 2 rings (SSSR count). The van der Waals surface area contributed by atoms with Crippen LogP contribution in [0, 0.1) is 0 Å². The number of aromatic nitrogens is 3. The largest absolute Gasteiger partial charge is 0.266 e. The zero-order valence-electron chi connectivity index (χ0n) is 8.15. The highest BCUT2D eigenvalue weighted by Gasteiger charge is 2.10. The zero-order chi connectivity index (χ0) is 9.42. The van der Waals surface area contributed by atoms with E-state index < -0.39 is 0 Å². The molecule has 0 aliphatic rings. The fourth-order valence-electron chi connectivity index (χ4n) is 1.56. The summed E-state index contributed by atoms with van der Waals surface area (Å²) in [6.45, 7) is 4.31. The number of hydrogen-bond donors (Lipinski definition) is 0. The highest BCUT2D eigenvalue weighted by molar-refractivity contribution is 5.81. The first-order valence-electron chi connectivity index (χ1n) is 4.46. The van der Waals surface area contributed by atoms with Crippen LogP contribution in [0.2, 0.25) is 0 Å². The molecule has 0 saturated heterocycles. The van der Waals surface area contributed by atoms with Crippen molar-refractivity contribution in [2.75, 3.05) is 0 Å². The second-order valence-electron chi connectivity index (χ2n) is 3.56. The van der Waals surface area contributed by atoms with Crippen LogP contribution in [0.4, 0.5) is 0 Å². The average molecular weight is 175 g/mol. The van der Waals surface area contributed by atoms with Gasteiger partial charge in [-0.15, -0.1) is 0 Å². The molecule has 0 spiro atoms. The minimum absolute atomic E-state index is 0.464. The molecule has 2 aromatic rings. The van der Waals surface area contributed by atoms with Crippen molar-refractivity contribution in [1.29, 1.82) is 0 Å². The van der Waals surface area contributed by atoms with E-state index in [0.717, 1.165) is 11.2 Å². The first-order valence-corrected chi connectivity index (χ1v) is 4.46. The van der Waals surface area contributed by atoms with E-state index in [1.807, 2.05) is 30.2 Å². The maximum atomic E-state index is 4.47. The van der Waals surface area contributed by atoms with Gasteiger partial charge in [0.1, 0.15) is 0 Å². The summed E-state index contributed by atoms with van der Waals surface area (Å²) in [5.74, 6) is 0.464. The Bertz CT molecular complexity index is 429. The lowest BCUT2D eigenvalue weighted by molar-refractivity contribution is 0.728. The summed E-state index contributed by atoms with van der Waals surface area (Å²) in [6, 6.07) is 2.03. The fourth-order valence-corrected chi connectivity index (χ4v) is 1.56. The third kappa shape index (κ3) is 1.20. The third-order valence-corrected chi connectivity index (χ3v) is 2.23. The number of rotatable bonds is 1. The smallest absolute Gasteiger partial charge is 0.0865 e. The first kappa shape index (κ1) is 8.23. The molecule has 0 N–H and O–H groups in total. The van der Waals surface area contributed by atoms with Crippen LogP contribution in [0.25, 0.3) is 10.9 Å². The predicted molar refractivity (Wildman–Crippen MR) is 52.6 cm³/mol. The van der Waals surface area contributed by atoms with E-state index in [0.29, 0.717) is 5.92 Å². The second kappa shape index (κ2) is 2.83. The first-order chi connectivity index (χ1) is 6.20. The number of hydrogen-bond acceptors (Lipinski definition) is 2. The van der Waals surface area contributed by atoms with E-state index in [-0.39, 0.29) is 0 Å². The Morgan fingerprint density at radius 3 is 2.85 bits per heavy atom. The van der Waals surface area contributed by atoms with Gasteiger partial charge in [-0.2, -0.15) is 5.10 Å². The molecular formula is C10H13N3. The van der Waals surface area contributed by atoms with E-state index >= 15 is 0 Å². The van der Waals surface area contributed by atoms with Crippen LogP contribution in [0.3, 0.4) is 0 Å². The molecule has 0 saturated carbocycles. The molecule has 0 radical (unpaired) electrons. The lowest BCUT2D eigenvalue weighted by Gasteiger charge is -1.98. The molecule has 0 fully saturated rings. The molecule has 0 atom stereocenters. The molecule has 2 heterocycles. The molecule has 13 heavy (non-hydrogen) atoms. The molecule has 0 aromatic carbocycles. The van der Waals surface area contributed by atoms with Crippen LogP contribution in [-0.4, -0.2) is 14.8 Å². The van der Waals surface area contributed by atoms with Crippen molar-refractivity contribution < 1.29 is 0 Å². The summed E-state index contributed by atoms with van der Waals surface area (Å²) in [6.07, 6.45) is 3.67. The number of nitrogens with zero attached hydrogens (tertiary/aromatic N) is 3. The Labute approximate surface area is 77.4 Å². The van der Waals surface area contributed by atoms with Crippen LogP contribution in [0.1, 0.15) is 25.5 Å².